The summed E-state index contributed by atoms with van der Waals surface area (Å²) in [5.74, 6) is 0. The van der Waals surface area contributed by atoms with Crippen LogP contribution in [0.4, 0.5) is 0 Å². The lowest BCUT2D eigenvalue weighted by Crippen LogP contribution is -1.93. The Morgan fingerprint density at radius 3 is 2.08 bits per heavy atom. The summed E-state index contributed by atoms with van der Waals surface area (Å²) in [7, 11) is 0. The Balaban J connectivity index is 1.30. The largest absolute Gasteiger partial charge is 0.253 e. The van der Waals surface area contributed by atoms with Crippen molar-refractivity contribution in [1.29, 1.82) is 0 Å². The molecule has 0 bridgehead atoms. The maximum Gasteiger partial charge on any atom is 0.0978 e. The predicted octanol–water partition coefficient (Wildman–Crippen LogP) is 9.64. The Morgan fingerprint density at radius 1 is 0.514 bits per heavy atom. The smallest absolute Gasteiger partial charge is 0.0978 e. The van der Waals surface area contributed by atoms with Gasteiger partial charge in [0.1, 0.15) is 0 Å². The summed E-state index contributed by atoms with van der Waals surface area (Å²) in [6.07, 6.45) is 1.96. The average molecular weight is 489 g/mol. The minimum Gasteiger partial charge on any atom is -0.253 e. The molecule has 172 valence electrons. The van der Waals surface area contributed by atoms with Gasteiger partial charge in [0.25, 0.3) is 0 Å². The fourth-order valence-electron chi connectivity index (χ4n) is 5.50. The molecule has 0 saturated carbocycles. The summed E-state index contributed by atoms with van der Waals surface area (Å²) < 4.78 is 2.66. The summed E-state index contributed by atoms with van der Waals surface area (Å²) in [6, 6.07) is 41.0. The first-order chi connectivity index (χ1) is 18.3. The number of hydrogen-bond donors (Lipinski definition) is 0. The van der Waals surface area contributed by atoms with Gasteiger partial charge in [0.05, 0.1) is 16.7 Å². The minimum atomic E-state index is 0.922. The molecule has 0 aliphatic heterocycles. The van der Waals surface area contributed by atoms with Crippen LogP contribution in [-0.2, 0) is 0 Å². The molecule has 8 rings (SSSR count). The van der Waals surface area contributed by atoms with Crippen molar-refractivity contribution >= 4 is 64.1 Å². The molecule has 5 aromatic carbocycles. The molecule has 0 saturated heterocycles. The number of nitrogens with zero attached hydrogens (tertiary/aromatic N) is 2. The van der Waals surface area contributed by atoms with E-state index in [1.165, 1.54) is 36.7 Å². The number of benzene rings is 5. The first-order valence-corrected chi connectivity index (χ1v) is 13.2. The van der Waals surface area contributed by atoms with Crippen LogP contribution in [0.1, 0.15) is 0 Å². The molecule has 0 radical (unpaired) electrons. The molecule has 3 aromatic heterocycles. The zero-order valence-electron chi connectivity index (χ0n) is 19.8. The van der Waals surface area contributed by atoms with Gasteiger partial charge in [-0.05, 0) is 40.8 Å². The first kappa shape index (κ1) is 20.6. The van der Waals surface area contributed by atoms with E-state index >= 15 is 0 Å². The Hall–Kier alpha value is -4.60. The van der Waals surface area contributed by atoms with Gasteiger partial charge in [-0.3, -0.25) is 4.98 Å². The highest BCUT2D eigenvalue weighted by Crippen LogP contribution is 2.38. The van der Waals surface area contributed by atoms with Gasteiger partial charge in [-0.2, -0.15) is 0 Å². The number of hydrogen-bond acceptors (Lipinski definition) is 3. The zero-order chi connectivity index (χ0) is 24.3. The Labute approximate surface area is 217 Å². The second-order valence-electron chi connectivity index (χ2n) is 9.43. The molecule has 0 aliphatic rings. The Bertz CT molecular complexity index is 2120. The van der Waals surface area contributed by atoms with Gasteiger partial charge in [0, 0.05) is 48.1 Å². The minimum absolute atomic E-state index is 0.922. The molecule has 0 atom stereocenters. The average Bonchev–Trinajstić information content (AvgIpc) is 3.34. The highest BCUT2D eigenvalue weighted by molar-refractivity contribution is 7.25. The van der Waals surface area contributed by atoms with Crippen molar-refractivity contribution in [3.63, 3.8) is 0 Å². The van der Waals surface area contributed by atoms with Crippen molar-refractivity contribution in [3.8, 4) is 22.4 Å². The van der Waals surface area contributed by atoms with Gasteiger partial charge in [0.2, 0.25) is 0 Å². The molecule has 0 spiro atoms. The van der Waals surface area contributed by atoms with Crippen molar-refractivity contribution in [3.05, 3.63) is 121 Å². The van der Waals surface area contributed by atoms with E-state index in [1.54, 1.807) is 0 Å². The molecular formula is C34H20N2S. The molecule has 0 amide bonds. The second kappa shape index (κ2) is 7.95. The number of pyridine rings is 2. The van der Waals surface area contributed by atoms with E-state index in [1.807, 2.05) is 17.5 Å². The summed E-state index contributed by atoms with van der Waals surface area (Å²) in [5.41, 5.74) is 6.35. The van der Waals surface area contributed by atoms with Crippen molar-refractivity contribution in [2.75, 3.05) is 0 Å². The highest BCUT2D eigenvalue weighted by atomic mass is 32.1. The Kier molecular flexibility index (Phi) is 4.42. The van der Waals surface area contributed by atoms with E-state index in [9.17, 15) is 0 Å². The van der Waals surface area contributed by atoms with Crippen LogP contribution in [0, 0.1) is 0 Å². The lowest BCUT2D eigenvalue weighted by atomic mass is 9.97. The van der Waals surface area contributed by atoms with Gasteiger partial charge in [-0.1, -0.05) is 91.0 Å². The van der Waals surface area contributed by atoms with E-state index in [0.717, 1.165) is 38.4 Å². The van der Waals surface area contributed by atoms with Gasteiger partial charge < -0.3 is 0 Å². The number of para-hydroxylation sites is 1. The van der Waals surface area contributed by atoms with E-state index in [0.29, 0.717) is 0 Å². The number of rotatable bonds is 2. The van der Waals surface area contributed by atoms with Crippen molar-refractivity contribution in [2.45, 2.75) is 0 Å². The third-order valence-electron chi connectivity index (χ3n) is 7.30. The van der Waals surface area contributed by atoms with Crippen LogP contribution >= 0.6 is 11.3 Å². The second-order valence-corrected chi connectivity index (χ2v) is 10.5. The SMILES string of the molecule is c1ccc2c(c1)cnc1c(-c3ccc(-c4ccc5sc6ccccc6c5c4)cc3)nc3ccccc3c12. The van der Waals surface area contributed by atoms with Gasteiger partial charge in [-0.15, -0.1) is 11.3 Å². The molecule has 0 unspecified atom stereocenters. The van der Waals surface area contributed by atoms with Crippen molar-refractivity contribution < 1.29 is 0 Å². The van der Waals surface area contributed by atoms with Crippen LogP contribution in [0.2, 0.25) is 0 Å². The first-order valence-electron chi connectivity index (χ1n) is 12.4. The normalized spacial score (nSPS) is 11.8. The lowest BCUT2D eigenvalue weighted by Gasteiger charge is -2.12. The topological polar surface area (TPSA) is 25.8 Å². The third-order valence-corrected chi connectivity index (χ3v) is 8.45. The molecule has 0 N–H and O–H groups in total. The summed E-state index contributed by atoms with van der Waals surface area (Å²) in [4.78, 5) is 10.0. The molecular weight excluding hydrogens is 468 g/mol. The van der Waals surface area contributed by atoms with Crippen LogP contribution in [-0.4, -0.2) is 9.97 Å². The highest BCUT2D eigenvalue weighted by Gasteiger charge is 2.14. The van der Waals surface area contributed by atoms with Crippen LogP contribution in [0.5, 0.6) is 0 Å². The van der Waals surface area contributed by atoms with E-state index in [-0.39, 0.29) is 0 Å². The molecule has 3 heterocycles. The zero-order valence-corrected chi connectivity index (χ0v) is 20.7. The van der Waals surface area contributed by atoms with E-state index in [4.69, 9.17) is 9.97 Å². The van der Waals surface area contributed by atoms with Crippen LogP contribution in [0.15, 0.2) is 121 Å². The molecule has 3 heteroatoms. The number of aromatic nitrogens is 2. The van der Waals surface area contributed by atoms with Gasteiger partial charge in [0.15, 0.2) is 0 Å². The standard InChI is InChI=1S/C34H20N2S/c1-2-8-25-24(7-1)20-35-34-32(25)27-10-3-5-11-29(27)36-33(34)22-15-13-21(14-16-22)23-17-18-31-28(19-23)26-9-4-6-12-30(26)37-31/h1-20H. The predicted molar refractivity (Wildman–Crippen MR) is 158 cm³/mol. The van der Waals surface area contributed by atoms with Crippen LogP contribution in [0.25, 0.3) is 75.1 Å². The number of thiophene rings is 1. The Morgan fingerprint density at radius 2 is 1.19 bits per heavy atom. The van der Waals surface area contributed by atoms with Crippen molar-refractivity contribution in [1.82, 2.24) is 9.97 Å². The summed E-state index contributed by atoms with van der Waals surface area (Å²) in [6.45, 7) is 0. The van der Waals surface area contributed by atoms with Crippen LogP contribution in [0.3, 0.4) is 0 Å². The summed E-state index contributed by atoms with van der Waals surface area (Å²) >= 11 is 1.85. The van der Waals surface area contributed by atoms with E-state index < -0.39 is 0 Å². The fourth-order valence-corrected chi connectivity index (χ4v) is 6.59. The van der Waals surface area contributed by atoms with Crippen molar-refractivity contribution in [2.24, 2.45) is 0 Å². The monoisotopic (exact) mass is 488 g/mol. The quantitative estimate of drug-likeness (QED) is 0.226. The molecule has 37 heavy (non-hydrogen) atoms. The van der Waals surface area contributed by atoms with Crippen LogP contribution < -0.4 is 0 Å². The third kappa shape index (κ3) is 3.18. The fraction of sp³-hybridized carbons (Fsp3) is 0. The van der Waals surface area contributed by atoms with E-state index in [2.05, 4.69) is 115 Å². The lowest BCUT2D eigenvalue weighted by molar-refractivity contribution is 1.37. The van der Waals surface area contributed by atoms with Gasteiger partial charge in [-0.25, -0.2) is 4.98 Å². The molecule has 0 aliphatic carbocycles. The maximum atomic E-state index is 5.09. The molecule has 8 aromatic rings. The number of fused-ring (bicyclic) bond motifs is 8. The summed E-state index contributed by atoms with van der Waals surface area (Å²) in [5, 5.41) is 7.30. The molecule has 0 fully saturated rings. The molecule has 2 nitrogen and oxygen atoms in total. The van der Waals surface area contributed by atoms with Gasteiger partial charge >= 0.3 is 0 Å². The maximum absolute atomic E-state index is 5.09.